The van der Waals surface area contributed by atoms with Gasteiger partial charge in [-0.15, -0.1) is 0 Å². The van der Waals surface area contributed by atoms with Gasteiger partial charge in [0.15, 0.2) is 0 Å². The van der Waals surface area contributed by atoms with Gasteiger partial charge in [0.25, 0.3) is 0 Å². The van der Waals surface area contributed by atoms with Crippen molar-refractivity contribution in [2.24, 2.45) is 5.92 Å². The van der Waals surface area contributed by atoms with Crippen LogP contribution in [-0.2, 0) is 4.79 Å². The van der Waals surface area contributed by atoms with E-state index in [1.807, 2.05) is 12.1 Å². The molecule has 1 amide bonds. The normalized spacial score (nSPS) is 19.6. The Morgan fingerprint density at radius 2 is 2.39 bits per heavy atom. The van der Waals surface area contributed by atoms with Crippen molar-refractivity contribution in [2.75, 3.05) is 18.4 Å². The maximum atomic E-state index is 11.9. The zero-order valence-corrected chi connectivity index (χ0v) is 12.4. The predicted molar refractivity (Wildman–Crippen MR) is 78.0 cm³/mol. The number of hydrogen-bond acceptors (Lipinski definition) is 2. The molecule has 1 aromatic rings. The molecule has 1 aliphatic heterocycles. The van der Waals surface area contributed by atoms with Crippen LogP contribution in [0.2, 0.25) is 5.02 Å². The number of rotatable bonds is 3. The van der Waals surface area contributed by atoms with Gasteiger partial charge >= 0.3 is 0 Å². The molecule has 18 heavy (non-hydrogen) atoms. The highest BCUT2D eigenvalue weighted by Gasteiger charge is 2.16. The molecule has 1 fully saturated rings. The summed E-state index contributed by atoms with van der Waals surface area (Å²) in [6, 6.07) is 5.40. The van der Waals surface area contributed by atoms with E-state index >= 15 is 0 Å². The summed E-state index contributed by atoms with van der Waals surface area (Å²) >= 11 is 9.25. The van der Waals surface area contributed by atoms with Crippen molar-refractivity contribution >= 4 is 39.1 Å². The molecule has 2 N–H and O–H groups in total. The van der Waals surface area contributed by atoms with Crippen LogP contribution in [0.1, 0.15) is 19.3 Å². The predicted octanol–water partition coefficient (Wildman–Crippen LogP) is 3.43. The standard InChI is InChI=1S/C13H16BrClN2O/c14-11-7-10(3-4-12(11)15)17-13(18)6-9-2-1-5-16-8-9/h3-4,7,9,16H,1-2,5-6,8H2,(H,17,18). The summed E-state index contributed by atoms with van der Waals surface area (Å²) in [5.41, 5.74) is 0.778. The lowest BCUT2D eigenvalue weighted by atomic mass is 9.96. The molecule has 1 atom stereocenters. The second kappa shape index (κ2) is 6.55. The van der Waals surface area contributed by atoms with Gasteiger partial charge in [-0.3, -0.25) is 4.79 Å². The van der Waals surface area contributed by atoms with E-state index in [-0.39, 0.29) is 5.91 Å². The summed E-state index contributed by atoms with van der Waals surface area (Å²) in [4.78, 5) is 11.9. The Bertz CT molecular complexity index is 433. The lowest BCUT2D eigenvalue weighted by molar-refractivity contribution is -0.117. The molecule has 1 heterocycles. The maximum absolute atomic E-state index is 11.9. The van der Waals surface area contributed by atoms with E-state index < -0.39 is 0 Å². The minimum absolute atomic E-state index is 0.0675. The minimum atomic E-state index is 0.0675. The Labute approximate surface area is 120 Å². The van der Waals surface area contributed by atoms with Crippen LogP contribution in [-0.4, -0.2) is 19.0 Å². The zero-order valence-electron chi connectivity index (χ0n) is 10.0. The molecule has 0 aliphatic carbocycles. The number of carbonyl (C=O) groups is 1. The topological polar surface area (TPSA) is 41.1 Å². The number of hydrogen-bond donors (Lipinski definition) is 2. The second-order valence-electron chi connectivity index (χ2n) is 4.59. The minimum Gasteiger partial charge on any atom is -0.326 e. The van der Waals surface area contributed by atoms with Crippen molar-refractivity contribution in [1.82, 2.24) is 5.32 Å². The van der Waals surface area contributed by atoms with E-state index in [1.165, 1.54) is 0 Å². The summed E-state index contributed by atoms with van der Waals surface area (Å²) < 4.78 is 0.793. The van der Waals surface area contributed by atoms with Crippen LogP contribution >= 0.6 is 27.5 Å². The average molecular weight is 332 g/mol. The van der Waals surface area contributed by atoms with E-state index in [2.05, 4.69) is 26.6 Å². The van der Waals surface area contributed by atoms with Gasteiger partial charge in [0.05, 0.1) is 5.02 Å². The second-order valence-corrected chi connectivity index (χ2v) is 5.86. The number of piperidine rings is 1. The summed E-state index contributed by atoms with van der Waals surface area (Å²) in [6.45, 7) is 2.01. The fraction of sp³-hybridized carbons (Fsp3) is 0.462. The molecule has 0 radical (unpaired) electrons. The smallest absolute Gasteiger partial charge is 0.224 e. The fourth-order valence-corrected chi connectivity index (χ4v) is 2.64. The molecular formula is C13H16BrClN2O. The summed E-state index contributed by atoms with van der Waals surface area (Å²) in [5.74, 6) is 0.521. The summed E-state index contributed by atoms with van der Waals surface area (Å²) in [7, 11) is 0. The zero-order chi connectivity index (χ0) is 13.0. The monoisotopic (exact) mass is 330 g/mol. The molecule has 5 heteroatoms. The SMILES string of the molecule is O=C(CC1CCCNC1)Nc1ccc(Cl)c(Br)c1. The molecule has 2 rings (SSSR count). The first kappa shape index (κ1) is 13.8. The molecule has 1 unspecified atom stereocenters. The van der Waals surface area contributed by atoms with E-state index in [0.717, 1.165) is 36.1 Å². The molecule has 1 aromatic carbocycles. The van der Waals surface area contributed by atoms with Gasteiger partial charge in [0.2, 0.25) is 5.91 Å². The number of anilines is 1. The number of amides is 1. The highest BCUT2D eigenvalue weighted by atomic mass is 79.9. The van der Waals surface area contributed by atoms with Crippen LogP contribution < -0.4 is 10.6 Å². The van der Waals surface area contributed by atoms with E-state index in [1.54, 1.807) is 6.07 Å². The van der Waals surface area contributed by atoms with E-state index in [4.69, 9.17) is 11.6 Å². The number of carbonyl (C=O) groups excluding carboxylic acids is 1. The van der Waals surface area contributed by atoms with Crippen LogP contribution in [0.25, 0.3) is 0 Å². The molecule has 3 nitrogen and oxygen atoms in total. The van der Waals surface area contributed by atoms with Crippen LogP contribution in [0.15, 0.2) is 22.7 Å². The first-order chi connectivity index (χ1) is 8.65. The first-order valence-electron chi connectivity index (χ1n) is 6.11. The molecule has 0 bridgehead atoms. The van der Waals surface area contributed by atoms with Crippen molar-refractivity contribution < 1.29 is 4.79 Å². The molecule has 0 aromatic heterocycles. The first-order valence-corrected chi connectivity index (χ1v) is 7.28. The van der Waals surface area contributed by atoms with Crippen molar-refractivity contribution in [2.45, 2.75) is 19.3 Å². The average Bonchev–Trinajstić information content (AvgIpc) is 2.35. The molecule has 1 aliphatic rings. The van der Waals surface area contributed by atoms with Crippen LogP contribution in [0.3, 0.4) is 0 Å². The highest BCUT2D eigenvalue weighted by molar-refractivity contribution is 9.10. The van der Waals surface area contributed by atoms with Crippen molar-refractivity contribution in [1.29, 1.82) is 0 Å². The fourth-order valence-electron chi connectivity index (χ4n) is 2.15. The third kappa shape index (κ3) is 3.97. The van der Waals surface area contributed by atoms with Crippen LogP contribution in [0, 0.1) is 5.92 Å². The van der Waals surface area contributed by atoms with Gasteiger partial charge in [0, 0.05) is 16.6 Å². The van der Waals surface area contributed by atoms with Gasteiger partial charge in [-0.1, -0.05) is 11.6 Å². The highest BCUT2D eigenvalue weighted by Crippen LogP contribution is 2.26. The molecule has 98 valence electrons. The molecule has 0 spiro atoms. The van der Waals surface area contributed by atoms with Gasteiger partial charge in [-0.25, -0.2) is 0 Å². The van der Waals surface area contributed by atoms with Gasteiger partial charge in [-0.05, 0) is 66.0 Å². The Balaban J connectivity index is 1.88. The summed E-state index contributed by atoms with van der Waals surface area (Å²) in [6.07, 6.45) is 2.86. The molecule has 0 saturated carbocycles. The van der Waals surface area contributed by atoms with Gasteiger partial charge < -0.3 is 10.6 Å². The third-order valence-corrected chi connectivity index (χ3v) is 4.29. The number of halogens is 2. The Morgan fingerprint density at radius 3 is 3.06 bits per heavy atom. The molecule has 1 saturated heterocycles. The lowest BCUT2D eigenvalue weighted by Gasteiger charge is -2.22. The Hall–Kier alpha value is -0.580. The van der Waals surface area contributed by atoms with Crippen LogP contribution in [0.5, 0.6) is 0 Å². The number of nitrogens with one attached hydrogen (secondary N) is 2. The number of benzene rings is 1. The van der Waals surface area contributed by atoms with E-state index in [9.17, 15) is 4.79 Å². The summed E-state index contributed by atoms with van der Waals surface area (Å²) in [5, 5.41) is 6.86. The quantitative estimate of drug-likeness (QED) is 0.891. The maximum Gasteiger partial charge on any atom is 0.224 e. The Morgan fingerprint density at radius 1 is 1.56 bits per heavy atom. The van der Waals surface area contributed by atoms with Crippen LogP contribution in [0.4, 0.5) is 5.69 Å². The molecular weight excluding hydrogens is 316 g/mol. The third-order valence-electron chi connectivity index (χ3n) is 3.08. The van der Waals surface area contributed by atoms with E-state index in [0.29, 0.717) is 17.4 Å². The van der Waals surface area contributed by atoms with Crippen molar-refractivity contribution in [3.05, 3.63) is 27.7 Å². The lowest BCUT2D eigenvalue weighted by Crippen LogP contribution is -2.32. The van der Waals surface area contributed by atoms with Crippen molar-refractivity contribution in [3.8, 4) is 0 Å². The van der Waals surface area contributed by atoms with Gasteiger partial charge in [-0.2, -0.15) is 0 Å². The Kier molecular flexibility index (Phi) is 5.03. The van der Waals surface area contributed by atoms with Crippen molar-refractivity contribution in [3.63, 3.8) is 0 Å². The van der Waals surface area contributed by atoms with Gasteiger partial charge in [0.1, 0.15) is 0 Å². The largest absolute Gasteiger partial charge is 0.326 e.